The lowest BCUT2D eigenvalue weighted by atomic mass is 10.1. The summed E-state index contributed by atoms with van der Waals surface area (Å²) in [5.41, 5.74) is 1.99. The molecule has 0 saturated heterocycles. The van der Waals surface area contributed by atoms with Crippen molar-refractivity contribution in [2.24, 2.45) is 4.99 Å². The molecular formula is C19H22N2O3. The normalized spacial score (nSPS) is 13.7. The average molecular weight is 326 g/mol. The molecular weight excluding hydrogens is 304 g/mol. The molecule has 0 fully saturated rings. The minimum absolute atomic E-state index is 0.449. The van der Waals surface area contributed by atoms with Crippen LogP contribution in [0.5, 0.6) is 17.2 Å². The van der Waals surface area contributed by atoms with Crippen LogP contribution in [-0.4, -0.2) is 33.1 Å². The van der Waals surface area contributed by atoms with Crippen LogP contribution in [0.4, 0.5) is 0 Å². The number of aliphatic imine (C=N–C) groups is 1. The minimum Gasteiger partial charge on any atom is -0.497 e. The monoisotopic (exact) mass is 326 g/mol. The fraction of sp³-hybridized carbons (Fsp3) is 0.316. The van der Waals surface area contributed by atoms with Crippen LogP contribution in [0.3, 0.4) is 0 Å². The first-order chi connectivity index (χ1) is 11.8. The van der Waals surface area contributed by atoms with Crippen LogP contribution in [0.2, 0.25) is 0 Å². The van der Waals surface area contributed by atoms with Crippen LogP contribution in [0.25, 0.3) is 0 Å². The number of methoxy groups -OCH3 is 2. The number of para-hydroxylation sites is 1. The molecule has 1 heterocycles. The van der Waals surface area contributed by atoms with Gasteiger partial charge in [0, 0.05) is 13.1 Å². The largest absolute Gasteiger partial charge is 0.497 e. The number of hydrogen-bond acceptors (Lipinski definition) is 5. The van der Waals surface area contributed by atoms with E-state index < -0.39 is 0 Å². The fourth-order valence-corrected chi connectivity index (χ4v) is 2.60. The molecule has 2 aromatic rings. The van der Waals surface area contributed by atoms with E-state index >= 15 is 0 Å². The fourth-order valence-electron chi connectivity index (χ4n) is 2.60. The molecule has 1 aliphatic rings. The Labute approximate surface area is 142 Å². The van der Waals surface area contributed by atoms with Crippen molar-refractivity contribution in [1.29, 1.82) is 0 Å². The standard InChI is InChI=1S/C19H22N2O3/c1-22-15-9-7-14(8-10-15)13-24-18-16(5-3-6-17(18)23-2)19-20-11-4-12-21-19/h3,5-10H,4,11-13H2,1-2H3,(H,20,21). The number of amidine groups is 1. The van der Waals surface area contributed by atoms with Crippen molar-refractivity contribution in [3.63, 3.8) is 0 Å². The van der Waals surface area contributed by atoms with Crippen LogP contribution >= 0.6 is 0 Å². The zero-order valence-electron chi connectivity index (χ0n) is 14.0. The third-order valence-electron chi connectivity index (χ3n) is 3.89. The highest BCUT2D eigenvalue weighted by Crippen LogP contribution is 2.32. The van der Waals surface area contributed by atoms with Crippen LogP contribution in [0, 0.1) is 0 Å². The smallest absolute Gasteiger partial charge is 0.172 e. The highest BCUT2D eigenvalue weighted by atomic mass is 16.5. The Hall–Kier alpha value is -2.69. The summed E-state index contributed by atoms with van der Waals surface area (Å²) in [6.45, 7) is 2.20. The molecule has 0 radical (unpaired) electrons. The predicted molar refractivity (Wildman–Crippen MR) is 94.3 cm³/mol. The molecule has 1 aliphatic heterocycles. The van der Waals surface area contributed by atoms with Gasteiger partial charge in [-0.3, -0.25) is 4.99 Å². The molecule has 0 bridgehead atoms. The maximum Gasteiger partial charge on any atom is 0.172 e. The van der Waals surface area contributed by atoms with E-state index in [1.807, 2.05) is 42.5 Å². The molecule has 0 atom stereocenters. The van der Waals surface area contributed by atoms with Crippen molar-refractivity contribution in [2.45, 2.75) is 13.0 Å². The van der Waals surface area contributed by atoms with Gasteiger partial charge in [-0.2, -0.15) is 0 Å². The van der Waals surface area contributed by atoms with Gasteiger partial charge in [0.15, 0.2) is 11.5 Å². The Morgan fingerprint density at radius 2 is 1.88 bits per heavy atom. The van der Waals surface area contributed by atoms with Crippen LogP contribution < -0.4 is 19.5 Å². The summed E-state index contributed by atoms with van der Waals surface area (Å²) in [6.07, 6.45) is 1.05. The van der Waals surface area contributed by atoms with Gasteiger partial charge in [-0.15, -0.1) is 0 Å². The Morgan fingerprint density at radius 1 is 1.04 bits per heavy atom. The van der Waals surface area contributed by atoms with Crippen molar-refractivity contribution in [3.05, 3.63) is 53.6 Å². The van der Waals surface area contributed by atoms with Crippen molar-refractivity contribution >= 4 is 5.84 Å². The van der Waals surface area contributed by atoms with Gasteiger partial charge in [0.25, 0.3) is 0 Å². The predicted octanol–water partition coefficient (Wildman–Crippen LogP) is 3.02. The SMILES string of the molecule is COc1ccc(COc2c(OC)cccc2C2=NCCCN2)cc1. The summed E-state index contributed by atoms with van der Waals surface area (Å²) in [5, 5.41) is 3.34. The third kappa shape index (κ3) is 3.62. The number of hydrogen-bond donors (Lipinski definition) is 1. The summed E-state index contributed by atoms with van der Waals surface area (Å²) in [6, 6.07) is 13.7. The molecule has 0 unspecified atom stereocenters. The molecule has 5 heteroatoms. The van der Waals surface area contributed by atoms with Gasteiger partial charge in [0.05, 0.1) is 19.8 Å². The molecule has 0 aliphatic carbocycles. The lowest BCUT2D eigenvalue weighted by Gasteiger charge is -2.19. The van der Waals surface area contributed by atoms with Gasteiger partial charge in [-0.1, -0.05) is 18.2 Å². The van der Waals surface area contributed by atoms with Crippen molar-refractivity contribution in [3.8, 4) is 17.2 Å². The molecule has 2 aromatic carbocycles. The second kappa shape index (κ2) is 7.73. The molecule has 0 amide bonds. The lowest BCUT2D eigenvalue weighted by Crippen LogP contribution is -2.30. The molecule has 126 valence electrons. The third-order valence-corrected chi connectivity index (χ3v) is 3.89. The van der Waals surface area contributed by atoms with Crippen LogP contribution in [0.15, 0.2) is 47.5 Å². The van der Waals surface area contributed by atoms with E-state index in [4.69, 9.17) is 14.2 Å². The summed E-state index contributed by atoms with van der Waals surface area (Å²) in [4.78, 5) is 4.57. The molecule has 1 N–H and O–H groups in total. The van der Waals surface area contributed by atoms with E-state index in [0.717, 1.165) is 42.2 Å². The van der Waals surface area contributed by atoms with E-state index in [1.54, 1.807) is 14.2 Å². The minimum atomic E-state index is 0.449. The van der Waals surface area contributed by atoms with Gasteiger partial charge in [-0.05, 0) is 36.2 Å². The summed E-state index contributed by atoms with van der Waals surface area (Å²) in [5.74, 6) is 3.11. The van der Waals surface area contributed by atoms with Crippen molar-refractivity contribution < 1.29 is 14.2 Å². The highest BCUT2D eigenvalue weighted by molar-refractivity contribution is 6.02. The van der Waals surface area contributed by atoms with Gasteiger partial charge in [-0.25, -0.2) is 0 Å². The lowest BCUT2D eigenvalue weighted by molar-refractivity contribution is 0.283. The molecule has 0 saturated carbocycles. The topological polar surface area (TPSA) is 52.1 Å². The average Bonchev–Trinajstić information content (AvgIpc) is 2.67. The second-order valence-electron chi connectivity index (χ2n) is 5.48. The zero-order valence-corrected chi connectivity index (χ0v) is 14.0. The first-order valence-corrected chi connectivity index (χ1v) is 8.03. The number of ether oxygens (including phenoxy) is 3. The first kappa shape index (κ1) is 16.2. The number of nitrogens with one attached hydrogen (secondary N) is 1. The van der Waals surface area contributed by atoms with E-state index in [2.05, 4.69) is 10.3 Å². The van der Waals surface area contributed by atoms with E-state index in [1.165, 1.54) is 0 Å². The highest BCUT2D eigenvalue weighted by Gasteiger charge is 2.17. The number of rotatable bonds is 6. The Morgan fingerprint density at radius 3 is 2.54 bits per heavy atom. The Balaban J connectivity index is 1.83. The maximum absolute atomic E-state index is 6.09. The van der Waals surface area contributed by atoms with Gasteiger partial charge in [0.1, 0.15) is 18.2 Å². The number of benzene rings is 2. The molecule has 24 heavy (non-hydrogen) atoms. The van der Waals surface area contributed by atoms with Crippen molar-refractivity contribution in [2.75, 3.05) is 27.3 Å². The quantitative estimate of drug-likeness (QED) is 0.886. The summed E-state index contributed by atoms with van der Waals surface area (Å²) in [7, 11) is 3.31. The Kier molecular flexibility index (Phi) is 5.21. The molecule has 0 spiro atoms. The first-order valence-electron chi connectivity index (χ1n) is 8.03. The van der Waals surface area contributed by atoms with Gasteiger partial charge in [0.2, 0.25) is 0 Å². The van der Waals surface area contributed by atoms with Crippen LogP contribution in [-0.2, 0) is 6.61 Å². The second-order valence-corrected chi connectivity index (χ2v) is 5.48. The summed E-state index contributed by atoms with van der Waals surface area (Å²) >= 11 is 0. The zero-order chi connectivity index (χ0) is 16.8. The number of nitrogens with zero attached hydrogens (tertiary/aromatic N) is 1. The maximum atomic E-state index is 6.09. The molecule has 3 rings (SSSR count). The van der Waals surface area contributed by atoms with Gasteiger partial charge < -0.3 is 19.5 Å². The van der Waals surface area contributed by atoms with E-state index in [9.17, 15) is 0 Å². The van der Waals surface area contributed by atoms with Crippen molar-refractivity contribution in [1.82, 2.24) is 5.32 Å². The van der Waals surface area contributed by atoms with Crippen LogP contribution in [0.1, 0.15) is 17.5 Å². The Bertz CT molecular complexity index is 711. The summed E-state index contributed by atoms with van der Waals surface area (Å²) < 4.78 is 16.7. The van der Waals surface area contributed by atoms with E-state index in [0.29, 0.717) is 18.1 Å². The van der Waals surface area contributed by atoms with Gasteiger partial charge >= 0.3 is 0 Å². The van der Waals surface area contributed by atoms with E-state index in [-0.39, 0.29) is 0 Å². The molecule has 0 aromatic heterocycles. The molecule has 5 nitrogen and oxygen atoms in total.